The van der Waals surface area contributed by atoms with Crippen molar-refractivity contribution in [3.8, 4) is 11.5 Å². The minimum atomic E-state index is -4.40. The van der Waals surface area contributed by atoms with Crippen molar-refractivity contribution in [2.75, 3.05) is 44.0 Å². The van der Waals surface area contributed by atoms with Crippen molar-refractivity contribution in [3.05, 3.63) is 58.3 Å². The molecule has 9 nitrogen and oxygen atoms in total. The normalized spacial score (nSPS) is 19.9. The molecule has 5 rings (SSSR count). The number of hydrogen-bond donors (Lipinski definition) is 2. The highest BCUT2D eigenvalue weighted by Gasteiger charge is 2.34. The van der Waals surface area contributed by atoms with E-state index in [9.17, 15) is 8.42 Å². The fourth-order valence-electron chi connectivity index (χ4n) is 5.50. The third-order valence-electron chi connectivity index (χ3n) is 7.65. The van der Waals surface area contributed by atoms with E-state index < -0.39 is 20.7 Å². The fourth-order valence-corrected chi connectivity index (χ4v) is 8.12. The Morgan fingerprint density at radius 3 is 2.56 bits per heavy atom. The van der Waals surface area contributed by atoms with Crippen molar-refractivity contribution in [1.82, 2.24) is 15.2 Å². The van der Waals surface area contributed by atoms with Crippen LogP contribution in [0.25, 0.3) is 0 Å². The van der Waals surface area contributed by atoms with Crippen LogP contribution in [0.15, 0.2) is 46.8 Å². The number of sulfonamides is 1. The average Bonchev–Trinajstić information content (AvgIpc) is 3.48. The molecule has 0 amide bonds. The minimum absolute atomic E-state index is 0.0587. The molecule has 1 saturated carbocycles. The molecule has 1 aliphatic carbocycles. The zero-order chi connectivity index (χ0) is 29.1. The van der Waals surface area contributed by atoms with Crippen LogP contribution in [0.4, 0.5) is 15.2 Å². The number of rotatable bonds is 11. The molecule has 2 aromatic carbocycles. The second-order valence-corrected chi connectivity index (χ2v) is 13.6. The van der Waals surface area contributed by atoms with Crippen molar-refractivity contribution in [2.24, 2.45) is 0 Å². The van der Waals surface area contributed by atoms with Gasteiger partial charge < -0.3 is 25.0 Å². The average molecular weight is 624 g/mol. The predicted molar refractivity (Wildman–Crippen MR) is 161 cm³/mol. The topological polar surface area (TPSA) is 96.0 Å². The predicted octanol–water partition coefficient (Wildman–Crippen LogP) is 4.98. The Morgan fingerprint density at radius 2 is 1.90 bits per heavy atom. The molecule has 1 aliphatic heterocycles. The molecule has 13 heteroatoms. The van der Waals surface area contributed by atoms with Gasteiger partial charge in [-0.2, -0.15) is 0 Å². The van der Waals surface area contributed by atoms with E-state index in [2.05, 4.69) is 27.6 Å². The van der Waals surface area contributed by atoms with Gasteiger partial charge in [0.2, 0.25) is 0 Å². The molecule has 2 atom stereocenters. The molecule has 1 saturated heterocycles. The van der Waals surface area contributed by atoms with Gasteiger partial charge in [-0.25, -0.2) is 22.1 Å². The number of benzene rings is 2. The Bertz CT molecular complexity index is 1450. The third kappa shape index (κ3) is 6.56. The maximum Gasteiger partial charge on any atom is 0.269 e. The number of likely N-dealkylation sites (tertiary alicyclic amines) is 1. The SMILES string of the molecule is COc1ccc(CN(c2nccs2)S(=O)(=O)c2cc(Cl)c(N[C@H]3CCCC[C@@H]3NC3CN(C)C3)cc2F)c(OC)c1. The molecule has 2 heterocycles. The van der Waals surface area contributed by atoms with Gasteiger partial charge in [-0.05, 0) is 44.2 Å². The van der Waals surface area contributed by atoms with Gasteiger partial charge in [-0.3, -0.25) is 0 Å². The quantitative estimate of drug-likeness (QED) is 0.309. The summed E-state index contributed by atoms with van der Waals surface area (Å²) in [7, 11) is 0.710. The van der Waals surface area contributed by atoms with E-state index >= 15 is 4.39 Å². The van der Waals surface area contributed by atoms with E-state index in [0.717, 1.165) is 54.4 Å². The van der Waals surface area contributed by atoms with Crippen molar-refractivity contribution < 1.29 is 22.3 Å². The Labute approximate surface area is 249 Å². The van der Waals surface area contributed by atoms with Gasteiger partial charge in [0, 0.05) is 54.4 Å². The van der Waals surface area contributed by atoms with Gasteiger partial charge in [0.1, 0.15) is 22.2 Å². The van der Waals surface area contributed by atoms with Crippen LogP contribution in [0.2, 0.25) is 5.02 Å². The van der Waals surface area contributed by atoms with Crippen LogP contribution >= 0.6 is 22.9 Å². The van der Waals surface area contributed by atoms with Crippen LogP contribution in [0.5, 0.6) is 11.5 Å². The number of aromatic nitrogens is 1. The van der Waals surface area contributed by atoms with E-state index in [0.29, 0.717) is 28.8 Å². The third-order valence-corrected chi connectivity index (χ3v) is 10.6. The Balaban J connectivity index is 1.41. The van der Waals surface area contributed by atoms with Gasteiger partial charge in [-0.15, -0.1) is 11.3 Å². The van der Waals surface area contributed by atoms with Gasteiger partial charge in [0.15, 0.2) is 5.13 Å². The number of nitrogens with one attached hydrogen (secondary N) is 2. The number of nitrogens with zero attached hydrogens (tertiary/aromatic N) is 3. The largest absolute Gasteiger partial charge is 0.497 e. The second-order valence-electron chi connectivity index (χ2n) is 10.5. The first-order valence-electron chi connectivity index (χ1n) is 13.5. The molecule has 0 bridgehead atoms. The number of halogens is 2. The first-order chi connectivity index (χ1) is 19.7. The lowest BCUT2D eigenvalue weighted by atomic mass is 9.89. The summed E-state index contributed by atoms with van der Waals surface area (Å²) in [6.45, 7) is 1.87. The Hall–Kier alpha value is -2.64. The Morgan fingerprint density at radius 1 is 1.15 bits per heavy atom. The first-order valence-corrected chi connectivity index (χ1v) is 16.2. The van der Waals surface area contributed by atoms with Crippen molar-refractivity contribution in [1.29, 1.82) is 0 Å². The van der Waals surface area contributed by atoms with Crippen molar-refractivity contribution in [3.63, 3.8) is 0 Å². The number of anilines is 2. The summed E-state index contributed by atoms with van der Waals surface area (Å²) in [4.78, 5) is 5.95. The summed E-state index contributed by atoms with van der Waals surface area (Å²) in [5.74, 6) is 0.107. The number of likely N-dealkylation sites (N-methyl/N-ethyl adjacent to an activating group) is 1. The van der Waals surface area contributed by atoms with Crippen molar-refractivity contribution in [2.45, 2.75) is 55.2 Å². The van der Waals surface area contributed by atoms with Gasteiger partial charge in [-0.1, -0.05) is 24.4 Å². The number of ether oxygens (including phenoxy) is 2. The lowest BCUT2D eigenvalue weighted by Crippen LogP contribution is -2.61. The van der Waals surface area contributed by atoms with Crippen LogP contribution < -0.4 is 24.4 Å². The number of hydrogen-bond acceptors (Lipinski definition) is 9. The maximum atomic E-state index is 15.7. The van der Waals surface area contributed by atoms with E-state index in [1.807, 2.05) is 0 Å². The molecule has 2 fully saturated rings. The molecule has 1 aromatic heterocycles. The van der Waals surface area contributed by atoms with Crippen LogP contribution in [-0.2, 0) is 16.6 Å². The highest BCUT2D eigenvalue weighted by atomic mass is 35.5. The van der Waals surface area contributed by atoms with Crippen LogP contribution in [0.3, 0.4) is 0 Å². The summed E-state index contributed by atoms with van der Waals surface area (Å²) < 4.78 is 55.4. The summed E-state index contributed by atoms with van der Waals surface area (Å²) in [6.07, 6.45) is 5.62. The summed E-state index contributed by atoms with van der Waals surface area (Å²) in [6, 6.07) is 8.18. The molecule has 0 unspecified atom stereocenters. The molecule has 0 spiro atoms. The maximum absolute atomic E-state index is 15.7. The molecule has 2 N–H and O–H groups in total. The second kappa shape index (κ2) is 12.7. The van der Waals surface area contributed by atoms with Crippen LogP contribution in [0, 0.1) is 5.82 Å². The first kappa shape index (κ1) is 29.8. The van der Waals surface area contributed by atoms with E-state index in [1.165, 1.54) is 32.5 Å². The van der Waals surface area contributed by atoms with Gasteiger partial charge in [0.25, 0.3) is 10.0 Å². The molecule has 0 radical (unpaired) electrons. The summed E-state index contributed by atoms with van der Waals surface area (Å²) in [5, 5.41) is 9.13. The van der Waals surface area contributed by atoms with E-state index in [4.69, 9.17) is 21.1 Å². The van der Waals surface area contributed by atoms with E-state index in [-0.39, 0.29) is 28.8 Å². The molecule has 222 valence electrons. The minimum Gasteiger partial charge on any atom is -0.497 e. The summed E-state index contributed by atoms with van der Waals surface area (Å²) in [5.41, 5.74) is 0.940. The molecule has 2 aliphatic rings. The zero-order valence-electron chi connectivity index (χ0n) is 23.3. The van der Waals surface area contributed by atoms with E-state index in [1.54, 1.807) is 23.6 Å². The molecular weight excluding hydrogens is 589 g/mol. The lowest BCUT2D eigenvalue weighted by Gasteiger charge is -2.42. The highest BCUT2D eigenvalue weighted by molar-refractivity contribution is 7.93. The zero-order valence-corrected chi connectivity index (χ0v) is 25.7. The smallest absolute Gasteiger partial charge is 0.269 e. The van der Waals surface area contributed by atoms with Crippen molar-refractivity contribution >= 4 is 43.8 Å². The molecular formula is C28H35ClFN5O4S2. The molecule has 3 aromatic rings. The van der Waals surface area contributed by atoms with Gasteiger partial charge in [0.05, 0.1) is 31.5 Å². The van der Waals surface area contributed by atoms with Crippen LogP contribution in [-0.4, -0.2) is 70.8 Å². The molecule has 41 heavy (non-hydrogen) atoms. The van der Waals surface area contributed by atoms with Crippen LogP contribution in [0.1, 0.15) is 31.2 Å². The Kier molecular flexibility index (Phi) is 9.24. The summed E-state index contributed by atoms with van der Waals surface area (Å²) >= 11 is 7.76. The standard InChI is InChI=1S/C28H35ClFN5O4S2/c1-34-16-19(17-34)32-23-6-4-5-7-24(23)33-25-14-22(30)27(13-21(25)29)41(36,37)35(28-31-10-11-40-28)15-18-8-9-20(38-2)12-26(18)39-3/h8-14,19,23-24,32-33H,4-7,15-17H2,1-3H3/t23-,24-/m0/s1. The number of methoxy groups -OCH3 is 2. The lowest BCUT2D eigenvalue weighted by molar-refractivity contribution is 0.140. The highest BCUT2D eigenvalue weighted by Crippen LogP contribution is 2.36. The number of thiazole rings is 1. The fraction of sp³-hybridized carbons (Fsp3) is 0.464. The van der Waals surface area contributed by atoms with Gasteiger partial charge >= 0.3 is 0 Å². The monoisotopic (exact) mass is 623 g/mol.